The van der Waals surface area contributed by atoms with Gasteiger partial charge in [-0.2, -0.15) is 5.10 Å². The number of nitrogens with one attached hydrogen (secondary N) is 3. The fraction of sp³-hybridized carbons (Fsp3) is 0.300. The molecule has 3 N–H and O–H groups in total. The summed E-state index contributed by atoms with van der Waals surface area (Å²) in [6.45, 7) is 6.56. The maximum atomic E-state index is 12.6. The first-order valence-electron chi connectivity index (χ1n) is 9.50. The molecular formula is C20H22N6O3S. The zero-order chi connectivity index (χ0) is 21.3. The lowest BCUT2D eigenvalue weighted by Gasteiger charge is -2.13. The molecule has 1 aliphatic rings. The Hall–Kier alpha value is -3.40. The molecule has 0 atom stereocenters. The molecule has 4 rings (SSSR count). The molecule has 3 aromatic rings. The topological polar surface area (TPSA) is 102 Å². The van der Waals surface area contributed by atoms with E-state index >= 15 is 0 Å². The number of thiocarbonyl (C=S) groups is 1. The first-order chi connectivity index (χ1) is 14.4. The molecule has 0 radical (unpaired) electrons. The van der Waals surface area contributed by atoms with Crippen molar-refractivity contribution in [2.75, 3.05) is 6.79 Å². The van der Waals surface area contributed by atoms with Crippen LogP contribution in [0.15, 0.2) is 30.5 Å². The monoisotopic (exact) mass is 426 g/mol. The Bertz CT molecular complexity index is 1130. The summed E-state index contributed by atoms with van der Waals surface area (Å²) in [4.78, 5) is 17.1. The molecule has 30 heavy (non-hydrogen) atoms. The Morgan fingerprint density at radius 3 is 2.83 bits per heavy atom. The zero-order valence-electron chi connectivity index (χ0n) is 16.9. The second-order valence-electron chi connectivity index (χ2n) is 7.17. The van der Waals surface area contributed by atoms with Gasteiger partial charge in [0.2, 0.25) is 6.79 Å². The van der Waals surface area contributed by atoms with E-state index in [9.17, 15) is 4.79 Å². The highest BCUT2D eigenvalue weighted by Crippen LogP contribution is 2.32. The van der Waals surface area contributed by atoms with E-state index in [4.69, 9.17) is 21.7 Å². The van der Waals surface area contributed by atoms with Gasteiger partial charge in [0.1, 0.15) is 0 Å². The summed E-state index contributed by atoms with van der Waals surface area (Å²) in [6.07, 6.45) is 1.71. The van der Waals surface area contributed by atoms with Crippen molar-refractivity contribution in [2.24, 2.45) is 0 Å². The molecule has 1 aliphatic heterocycles. The lowest BCUT2D eigenvalue weighted by molar-refractivity contribution is 0.0943. The third kappa shape index (κ3) is 3.99. The molecular weight excluding hydrogens is 404 g/mol. The molecule has 2 aromatic heterocycles. The fourth-order valence-corrected chi connectivity index (χ4v) is 3.25. The van der Waals surface area contributed by atoms with Crippen LogP contribution in [0.3, 0.4) is 0 Å². The van der Waals surface area contributed by atoms with Gasteiger partial charge in [-0.15, -0.1) is 0 Å². The van der Waals surface area contributed by atoms with Gasteiger partial charge in [0.05, 0.1) is 17.5 Å². The quantitative estimate of drug-likeness (QED) is 0.432. The Kier molecular flexibility index (Phi) is 5.40. The number of aryl methyl sites for hydroxylation is 1. The fourth-order valence-electron chi connectivity index (χ4n) is 3.13. The van der Waals surface area contributed by atoms with E-state index in [0.29, 0.717) is 28.7 Å². The summed E-state index contributed by atoms with van der Waals surface area (Å²) in [5.74, 6) is 1.11. The van der Waals surface area contributed by atoms with Gasteiger partial charge < -0.3 is 14.8 Å². The number of fused-ring (bicyclic) bond motifs is 2. The zero-order valence-corrected chi connectivity index (χ0v) is 17.7. The van der Waals surface area contributed by atoms with E-state index in [0.717, 1.165) is 22.3 Å². The number of pyridine rings is 1. The number of ether oxygens (including phenoxy) is 2. The highest BCUT2D eigenvalue weighted by Gasteiger charge is 2.16. The van der Waals surface area contributed by atoms with E-state index in [1.165, 1.54) is 0 Å². The van der Waals surface area contributed by atoms with Gasteiger partial charge in [-0.1, -0.05) is 6.07 Å². The van der Waals surface area contributed by atoms with Gasteiger partial charge >= 0.3 is 0 Å². The summed E-state index contributed by atoms with van der Waals surface area (Å²) < 4.78 is 12.5. The Morgan fingerprint density at radius 1 is 1.23 bits per heavy atom. The molecule has 0 bridgehead atoms. The van der Waals surface area contributed by atoms with E-state index in [1.54, 1.807) is 19.2 Å². The lowest BCUT2D eigenvalue weighted by Crippen LogP contribution is -2.46. The standard InChI is InChI=1S/C20H22N6O3S/c1-11(2)26-18-14(9-22-26)7-15(12(3)23-18)19(27)24-25-20(30)21-8-13-4-5-16-17(6-13)29-10-28-16/h4-7,9,11H,8,10H2,1-3H3,(H,24,27)(H2,21,25,30). The first-order valence-corrected chi connectivity index (χ1v) is 9.91. The molecule has 1 amide bonds. The summed E-state index contributed by atoms with van der Waals surface area (Å²) in [5, 5.41) is 8.48. The van der Waals surface area contributed by atoms with Crippen LogP contribution in [0.4, 0.5) is 0 Å². The van der Waals surface area contributed by atoms with E-state index < -0.39 is 0 Å². The average Bonchev–Trinajstić information content (AvgIpc) is 3.35. The minimum absolute atomic E-state index is 0.184. The number of carbonyl (C=O) groups excluding carboxylic acids is 1. The maximum absolute atomic E-state index is 12.6. The van der Waals surface area contributed by atoms with Gasteiger partial charge in [0, 0.05) is 18.0 Å². The lowest BCUT2D eigenvalue weighted by atomic mass is 10.1. The summed E-state index contributed by atoms with van der Waals surface area (Å²) in [7, 11) is 0. The number of aromatic nitrogens is 3. The minimum atomic E-state index is -0.327. The molecule has 9 nitrogen and oxygen atoms in total. The molecule has 3 heterocycles. The molecule has 0 fully saturated rings. The highest BCUT2D eigenvalue weighted by atomic mass is 32.1. The van der Waals surface area contributed by atoms with Crippen LogP contribution in [0.1, 0.15) is 41.5 Å². The Balaban J connectivity index is 1.35. The number of hydrogen-bond donors (Lipinski definition) is 3. The van der Waals surface area contributed by atoms with Crippen LogP contribution < -0.4 is 25.6 Å². The average molecular weight is 427 g/mol. The highest BCUT2D eigenvalue weighted by molar-refractivity contribution is 7.80. The van der Waals surface area contributed by atoms with Crippen molar-refractivity contribution < 1.29 is 14.3 Å². The second kappa shape index (κ2) is 8.15. The number of amides is 1. The van der Waals surface area contributed by atoms with Gasteiger partial charge in [-0.25, -0.2) is 9.67 Å². The van der Waals surface area contributed by atoms with Crippen LogP contribution in [0.2, 0.25) is 0 Å². The van der Waals surface area contributed by atoms with Crippen LogP contribution in [0.5, 0.6) is 11.5 Å². The third-order valence-electron chi connectivity index (χ3n) is 4.67. The molecule has 0 spiro atoms. The van der Waals surface area contributed by atoms with E-state index in [1.807, 2.05) is 36.7 Å². The van der Waals surface area contributed by atoms with Gasteiger partial charge in [0.15, 0.2) is 22.3 Å². The van der Waals surface area contributed by atoms with E-state index in [-0.39, 0.29) is 18.7 Å². The van der Waals surface area contributed by atoms with Crippen molar-refractivity contribution in [3.8, 4) is 11.5 Å². The molecule has 1 aromatic carbocycles. The molecule has 0 aliphatic carbocycles. The number of rotatable bonds is 4. The Morgan fingerprint density at radius 2 is 2.03 bits per heavy atom. The molecule has 0 saturated heterocycles. The van der Waals surface area contributed by atoms with Gasteiger partial charge in [0.25, 0.3) is 5.91 Å². The van der Waals surface area contributed by atoms with Crippen LogP contribution in [0, 0.1) is 6.92 Å². The summed E-state index contributed by atoms with van der Waals surface area (Å²) >= 11 is 5.24. The number of hydrogen-bond acceptors (Lipinski definition) is 6. The molecule has 0 unspecified atom stereocenters. The van der Waals surface area contributed by atoms with Crippen molar-refractivity contribution in [3.05, 3.63) is 47.3 Å². The Labute approximate surface area is 178 Å². The molecule has 156 valence electrons. The normalized spacial score (nSPS) is 12.3. The number of carbonyl (C=O) groups is 1. The predicted molar refractivity (Wildman–Crippen MR) is 115 cm³/mol. The van der Waals surface area contributed by atoms with Crippen LogP contribution in [-0.4, -0.2) is 32.6 Å². The third-order valence-corrected chi connectivity index (χ3v) is 4.92. The second-order valence-corrected chi connectivity index (χ2v) is 7.57. The van der Waals surface area contributed by atoms with Crippen LogP contribution in [0.25, 0.3) is 11.0 Å². The van der Waals surface area contributed by atoms with Crippen molar-refractivity contribution in [1.82, 2.24) is 30.9 Å². The van der Waals surface area contributed by atoms with Gasteiger partial charge in [-0.3, -0.25) is 15.6 Å². The molecule has 0 saturated carbocycles. The van der Waals surface area contributed by atoms with Crippen molar-refractivity contribution in [1.29, 1.82) is 0 Å². The number of benzene rings is 1. The van der Waals surface area contributed by atoms with Gasteiger partial charge in [-0.05, 0) is 56.8 Å². The number of hydrazine groups is 1. The van der Waals surface area contributed by atoms with E-state index in [2.05, 4.69) is 26.3 Å². The first kappa shape index (κ1) is 19.9. The van der Waals surface area contributed by atoms with Crippen molar-refractivity contribution in [3.63, 3.8) is 0 Å². The largest absolute Gasteiger partial charge is 0.454 e. The maximum Gasteiger partial charge on any atom is 0.271 e. The van der Waals surface area contributed by atoms with Crippen molar-refractivity contribution in [2.45, 2.75) is 33.4 Å². The predicted octanol–water partition coefficient (Wildman–Crippen LogP) is 2.36. The smallest absolute Gasteiger partial charge is 0.271 e. The summed E-state index contributed by atoms with van der Waals surface area (Å²) in [6, 6.07) is 7.62. The minimum Gasteiger partial charge on any atom is -0.454 e. The molecule has 10 heteroatoms. The SMILES string of the molecule is Cc1nc2c(cnn2C(C)C)cc1C(=O)NNC(=S)NCc1ccc2c(c1)OCO2. The summed E-state index contributed by atoms with van der Waals surface area (Å²) in [5.41, 5.74) is 8.13. The number of nitrogens with zero attached hydrogens (tertiary/aromatic N) is 3. The van der Waals surface area contributed by atoms with Crippen LogP contribution >= 0.6 is 12.2 Å². The van der Waals surface area contributed by atoms with Crippen molar-refractivity contribution >= 4 is 34.3 Å². The van der Waals surface area contributed by atoms with Crippen LogP contribution in [-0.2, 0) is 6.54 Å².